The fourth-order valence-corrected chi connectivity index (χ4v) is 7.61. The van der Waals surface area contributed by atoms with E-state index in [1.807, 2.05) is 142 Å². The number of ether oxygens (including phenoxy) is 3. The van der Waals surface area contributed by atoms with E-state index in [0.717, 1.165) is 56.0 Å². The molecule has 13 nitrogen and oxygen atoms in total. The van der Waals surface area contributed by atoms with Gasteiger partial charge in [-0.1, -0.05) is 59.6 Å². The fourth-order valence-electron chi connectivity index (χ4n) is 7.36. The van der Waals surface area contributed by atoms with Crippen LogP contribution in [0.4, 0.5) is 0 Å². The van der Waals surface area contributed by atoms with Crippen molar-refractivity contribution in [3.05, 3.63) is 178 Å². The number of halogens is 2. The number of carbonyl (C=O) groups is 2. The Kier molecular flexibility index (Phi) is 18.4. The van der Waals surface area contributed by atoms with Crippen LogP contribution < -0.4 is 28.3 Å². The summed E-state index contributed by atoms with van der Waals surface area (Å²) in [7, 11) is 0. The van der Waals surface area contributed by atoms with E-state index in [2.05, 4.69) is 24.1 Å². The van der Waals surface area contributed by atoms with Gasteiger partial charge in [0.1, 0.15) is 13.2 Å². The van der Waals surface area contributed by atoms with Crippen LogP contribution in [-0.4, -0.2) is 58.2 Å². The molecule has 0 saturated carbocycles. The monoisotopic (exact) mass is 950 g/mol. The molecule has 0 aliphatic heterocycles. The molecule has 2 aromatic carbocycles. The van der Waals surface area contributed by atoms with Gasteiger partial charge in [-0.15, -0.1) is 0 Å². The summed E-state index contributed by atoms with van der Waals surface area (Å²) in [4.78, 5) is 42.3. The first-order valence-electron chi connectivity index (χ1n) is 21.6. The predicted octanol–water partition coefficient (Wildman–Crippen LogP) is 8.04. The Bertz CT molecular complexity index is 2910. The summed E-state index contributed by atoms with van der Waals surface area (Å²) in [5.41, 5.74) is 7.58. The molecule has 6 heterocycles. The van der Waals surface area contributed by atoms with Crippen LogP contribution in [0.15, 0.2) is 134 Å². The van der Waals surface area contributed by atoms with Crippen molar-refractivity contribution in [2.24, 2.45) is 10.8 Å². The third kappa shape index (κ3) is 13.7. The molecule has 8 rings (SSSR count). The molecule has 0 unspecified atom stereocenters. The summed E-state index contributed by atoms with van der Waals surface area (Å²) in [5, 5.41) is 11.0. The molecule has 0 atom stereocenters. The molecule has 68 heavy (non-hydrogen) atoms. The number of fused-ring (bicyclic) bond motifs is 2. The summed E-state index contributed by atoms with van der Waals surface area (Å²) in [6, 6.07) is 38.4. The molecule has 2 N–H and O–H groups in total. The molecule has 6 aromatic heterocycles. The van der Waals surface area contributed by atoms with Gasteiger partial charge in [-0.05, 0) is 119 Å². The number of carboxylic acids is 1. The standard InChI is InChI=1S/C27H28ClN3O3.C25H24ClN3O3.Li.H2O/c1-4-33-26(32)27(2,3)16-22-15-23-24(31(22)17-19-8-10-20(28)11-9-19)12-13-25(30-23)34-18-21-7-5-6-14-29-21;1-25(2,24(30)31)14-20-13-21-22(29(20)15-17-6-8-18(26)9-7-17)10-11-23(28-21)32-16-19-5-3-4-12-27-19;;/h5-15H,4,16-18H2,1-3H3;3-13H,14-16H2,1-2H3,(H,30,31);;1H2/q;;+1;/p-1. The number of nitrogens with zero attached hydrogens (tertiary/aromatic N) is 6. The SMILES string of the molecule is CC(C)(Cc1cc2nc(OCc3ccccn3)ccc2n1Cc1ccc(Cl)cc1)C(=O)O.CCOC(=O)C(C)(C)Cc1cc2nc(OCc3ccccn3)ccc2n1Cc1ccc(Cl)cc1.[Li+].[OH-]. The van der Waals surface area contributed by atoms with E-state index in [1.54, 1.807) is 26.2 Å². The van der Waals surface area contributed by atoms with Crippen molar-refractivity contribution < 1.29 is 53.2 Å². The van der Waals surface area contributed by atoms with Crippen molar-refractivity contribution in [1.82, 2.24) is 29.1 Å². The first-order chi connectivity index (χ1) is 31.7. The Hall–Kier alpha value is -6.20. The van der Waals surface area contributed by atoms with Crippen LogP contribution in [0, 0.1) is 10.8 Å². The second-order valence-electron chi connectivity index (χ2n) is 17.2. The summed E-state index contributed by atoms with van der Waals surface area (Å²) in [5.74, 6) is -0.0346. The van der Waals surface area contributed by atoms with Crippen molar-refractivity contribution in [2.75, 3.05) is 6.61 Å². The topological polar surface area (TPSA) is 173 Å². The largest absolute Gasteiger partial charge is 1.00 e. The van der Waals surface area contributed by atoms with Crippen molar-refractivity contribution in [1.29, 1.82) is 0 Å². The van der Waals surface area contributed by atoms with Gasteiger partial charge in [0.25, 0.3) is 0 Å². The van der Waals surface area contributed by atoms with Gasteiger partial charge in [0.2, 0.25) is 11.8 Å². The number of esters is 1. The summed E-state index contributed by atoms with van der Waals surface area (Å²) in [6.45, 7) is 11.3. The first-order valence-corrected chi connectivity index (χ1v) is 22.4. The zero-order chi connectivity index (χ0) is 46.8. The maximum Gasteiger partial charge on any atom is 1.00 e. The molecule has 0 saturated heterocycles. The molecule has 348 valence electrons. The molecule has 0 bridgehead atoms. The summed E-state index contributed by atoms with van der Waals surface area (Å²) < 4.78 is 21.3. The number of aliphatic carboxylic acids is 1. The van der Waals surface area contributed by atoms with Crippen LogP contribution in [-0.2, 0) is 53.5 Å². The number of aromatic nitrogens is 6. The molecule has 0 amide bonds. The minimum atomic E-state index is -0.912. The van der Waals surface area contributed by atoms with Crippen LogP contribution in [0.2, 0.25) is 10.0 Å². The van der Waals surface area contributed by atoms with Gasteiger partial charge < -0.3 is 33.9 Å². The van der Waals surface area contributed by atoms with Gasteiger partial charge in [0.15, 0.2) is 0 Å². The van der Waals surface area contributed by atoms with E-state index < -0.39 is 16.8 Å². The Morgan fingerprint density at radius 1 is 0.618 bits per heavy atom. The van der Waals surface area contributed by atoms with Crippen LogP contribution in [0.25, 0.3) is 22.1 Å². The van der Waals surface area contributed by atoms with Gasteiger partial charge in [0, 0.05) is 71.9 Å². The number of rotatable bonds is 17. The first kappa shape index (κ1) is 52.8. The molecule has 16 heteroatoms. The quantitative estimate of drug-likeness (QED) is 0.0692. The van der Waals surface area contributed by atoms with E-state index in [4.69, 9.17) is 42.4 Å². The molecule has 0 aliphatic carbocycles. The number of hydrogen-bond acceptors (Lipinski definition) is 10. The number of pyridine rings is 4. The van der Waals surface area contributed by atoms with Gasteiger partial charge in [-0.25, -0.2) is 9.97 Å². The Labute approximate surface area is 417 Å². The molecule has 8 aromatic rings. The maximum atomic E-state index is 12.6. The number of benzene rings is 2. The van der Waals surface area contributed by atoms with E-state index >= 15 is 0 Å². The molecular formula is C52H53Cl2LiN6O7. The Morgan fingerprint density at radius 3 is 1.43 bits per heavy atom. The maximum absolute atomic E-state index is 12.6. The molecule has 0 fully saturated rings. The van der Waals surface area contributed by atoms with E-state index in [0.29, 0.717) is 67.6 Å². The van der Waals surface area contributed by atoms with Gasteiger partial charge in [-0.3, -0.25) is 19.6 Å². The normalized spacial score (nSPS) is 11.2. The van der Waals surface area contributed by atoms with Crippen molar-refractivity contribution in [2.45, 2.75) is 73.8 Å². The number of carboxylic acid groups (broad SMARTS) is 1. The second-order valence-corrected chi connectivity index (χ2v) is 18.0. The van der Waals surface area contributed by atoms with Gasteiger partial charge >= 0.3 is 30.8 Å². The van der Waals surface area contributed by atoms with Crippen molar-refractivity contribution >= 4 is 57.2 Å². The number of hydrogen-bond donors (Lipinski definition) is 1. The van der Waals surface area contributed by atoms with Gasteiger partial charge in [-0.2, -0.15) is 0 Å². The van der Waals surface area contributed by atoms with Crippen LogP contribution in [0.3, 0.4) is 0 Å². The van der Waals surface area contributed by atoms with E-state index in [9.17, 15) is 14.7 Å². The smallest absolute Gasteiger partial charge is 0.870 e. The molecule has 0 aliphatic rings. The fraction of sp³-hybridized carbons (Fsp3) is 0.269. The molecule has 0 spiro atoms. The molecule has 0 radical (unpaired) electrons. The zero-order valence-corrected chi connectivity index (χ0v) is 40.5. The van der Waals surface area contributed by atoms with E-state index in [-0.39, 0.29) is 30.3 Å². The summed E-state index contributed by atoms with van der Waals surface area (Å²) in [6.07, 6.45) is 4.35. The third-order valence-electron chi connectivity index (χ3n) is 11.0. The Morgan fingerprint density at radius 2 is 1.04 bits per heavy atom. The van der Waals surface area contributed by atoms with Crippen LogP contribution in [0.5, 0.6) is 11.8 Å². The van der Waals surface area contributed by atoms with Crippen molar-refractivity contribution in [3.8, 4) is 11.8 Å². The predicted molar refractivity (Wildman–Crippen MR) is 259 cm³/mol. The van der Waals surface area contributed by atoms with Crippen LogP contribution >= 0.6 is 23.2 Å². The Balaban J connectivity index is 0.000000247. The van der Waals surface area contributed by atoms with E-state index in [1.165, 1.54) is 0 Å². The second kappa shape index (κ2) is 23.7. The number of carbonyl (C=O) groups excluding carboxylic acids is 1. The van der Waals surface area contributed by atoms with Gasteiger partial charge in [0.05, 0.1) is 50.9 Å². The zero-order valence-electron chi connectivity index (χ0n) is 39.0. The minimum absolute atomic E-state index is 0. The van der Waals surface area contributed by atoms with Crippen LogP contribution in [0.1, 0.15) is 68.5 Å². The molecular weight excluding hydrogens is 898 g/mol. The minimum Gasteiger partial charge on any atom is -0.870 e. The summed E-state index contributed by atoms with van der Waals surface area (Å²) >= 11 is 12.1. The van der Waals surface area contributed by atoms with Crippen molar-refractivity contribution in [3.63, 3.8) is 0 Å². The third-order valence-corrected chi connectivity index (χ3v) is 11.5. The average molecular weight is 952 g/mol. The average Bonchev–Trinajstić information content (AvgIpc) is 3.81.